The van der Waals surface area contributed by atoms with Gasteiger partial charge in [-0.25, -0.2) is 0 Å². The van der Waals surface area contributed by atoms with Gasteiger partial charge in [-0.3, -0.25) is 4.79 Å². The van der Waals surface area contributed by atoms with Crippen LogP contribution in [-0.2, 0) is 14.3 Å². The summed E-state index contributed by atoms with van der Waals surface area (Å²) >= 11 is 0. The Balaban J connectivity index is 1.73. The lowest BCUT2D eigenvalue weighted by molar-refractivity contribution is -0.313. The van der Waals surface area contributed by atoms with Gasteiger partial charge in [-0.15, -0.1) is 0 Å². The predicted molar refractivity (Wildman–Crippen MR) is 72.3 cm³/mol. The van der Waals surface area contributed by atoms with Crippen LogP contribution in [0.15, 0.2) is 36.4 Å². The number of benzene rings is 1. The number of fused-ring (bicyclic) bond motifs is 1. The minimum Gasteiger partial charge on any atom is -0.550 e. The second kappa shape index (κ2) is 3.95. The molecule has 5 heteroatoms. The number of aliphatic carboxylic acids is 1. The van der Waals surface area contributed by atoms with Crippen LogP contribution in [0.2, 0.25) is 0 Å². The Kier molecular flexibility index (Phi) is 2.37. The van der Waals surface area contributed by atoms with E-state index in [0.29, 0.717) is 6.54 Å². The Morgan fingerprint density at radius 2 is 2.10 bits per heavy atom. The third-order valence-electron chi connectivity index (χ3n) is 4.72. The van der Waals surface area contributed by atoms with Crippen LogP contribution in [0.25, 0.3) is 0 Å². The molecule has 5 nitrogen and oxygen atoms in total. The molecule has 0 aliphatic carbocycles. The quantitative estimate of drug-likeness (QED) is 0.719. The highest BCUT2D eigenvalue weighted by Gasteiger charge is 2.65. The second-order valence-electron chi connectivity index (χ2n) is 5.98. The summed E-state index contributed by atoms with van der Waals surface area (Å²) in [5.41, 5.74) is 1.07. The Labute approximate surface area is 121 Å². The van der Waals surface area contributed by atoms with Crippen molar-refractivity contribution in [2.45, 2.75) is 18.6 Å². The molecule has 1 aromatic carbocycles. The van der Waals surface area contributed by atoms with Gasteiger partial charge in [-0.2, -0.15) is 0 Å². The molecule has 0 N–H and O–H groups in total. The number of ether oxygens (including phenoxy) is 1. The van der Waals surface area contributed by atoms with Crippen LogP contribution in [0.5, 0.6) is 0 Å². The Morgan fingerprint density at radius 1 is 1.38 bits per heavy atom. The number of aryl methyl sites for hydroxylation is 1. The average Bonchev–Trinajstić information content (AvgIpc) is 3.08. The van der Waals surface area contributed by atoms with Gasteiger partial charge >= 0.3 is 0 Å². The number of carbonyl (C=O) groups is 2. The molecule has 0 radical (unpaired) electrons. The number of hydrogen-bond acceptors (Lipinski definition) is 4. The Hall–Kier alpha value is -2.14. The summed E-state index contributed by atoms with van der Waals surface area (Å²) in [5, 5.41) is 11.4. The number of anilines is 1. The van der Waals surface area contributed by atoms with Gasteiger partial charge in [0.05, 0.1) is 18.6 Å². The maximum atomic E-state index is 12.7. The van der Waals surface area contributed by atoms with Crippen molar-refractivity contribution in [1.29, 1.82) is 0 Å². The standard InChI is InChI=1S/C16H15NO4/c1-9-2-4-10(5-3-9)17-8-16-7-6-11(21-16)12(15(19)20)13(16)14(17)18/h2-7,11-13H,8H2,1H3,(H,19,20)/p-1/t11-,12-,13-,16-/m1/s1. The molecule has 0 saturated carbocycles. The molecule has 2 bridgehead atoms. The smallest absolute Gasteiger partial charge is 0.234 e. The molecule has 0 unspecified atom stereocenters. The van der Waals surface area contributed by atoms with Gasteiger partial charge in [-0.1, -0.05) is 29.8 Å². The maximum absolute atomic E-state index is 12.7. The van der Waals surface area contributed by atoms with E-state index in [9.17, 15) is 14.7 Å². The van der Waals surface area contributed by atoms with Gasteiger partial charge in [0.2, 0.25) is 5.91 Å². The highest BCUT2D eigenvalue weighted by Crippen LogP contribution is 2.52. The third-order valence-corrected chi connectivity index (χ3v) is 4.72. The lowest BCUT2D eigenvalue weighted by atomic mass is 9.77. The average molecular weight is 284 g/mol. The molecule has 1 aromatic rings. The fourth-order valence-electron chi connectivity index (χ4n) is 3.71. The first kappa shape index (κ1) is 12.6. The van der Waals surface area contributed by atoms with Crippen molar-refractivity contribution in [3.63, 3.8) is 0 Å². The normalized spacial score (nSPS) is 36.3. The molecular weight excluding hydrogens is 270 g/mol. The number of amides is 1. The molecule has 0 aromatic heterocycles. The molecule has 2 fully saturated rings. The Bertz CT molecular complexity index is 665. The van der Waals surface area contributed by atoms with Crippen LogP contribution in [0.3, 0.4) is 0 Å². The lowest BCUT2D eigenvalue weighted by Crippen LogP contribution is -2.45. The molecule has 108 valence electrons. The van der Waals surface area contributed by atoms with E-state index in [1.165, 1.54) is 0 Å². The summed E-state index contributed by atoms with van der Waals surface area (Å²) in [6.45, 7) is 2.33. The molecule has 21 heavy (non-hydrogen) atoms. The third kappa shape index (κ3) is 1.55. The minimum atomic E-state index is -1.21. The van der Waals surface area contributed by atoms with Crippen molar-refractivity contribution in [2.24, 2.45) is 11.8 Å². The largest absolute Gasteiger partial charge is 0.550 e. The van der Waals surface area contributed by atoms with E-state index in [1.54, 1.807) is 11.0 Å². The summed E-state index contributed by atoms with van der Waals surface area (Å²) in [4.78, 5) is 25.7. The van der Waals surface area contributed by atoms with Crippen molar-refractivity contribution in [2.75, 3.05) is 11.4 Å². The molecule has 1 amide bonds. The van der Waals surface area contributed by atoms with Crippen molar-refractivity contribution in [3.05, 3.63) is 42.0 Å². The lowest BCUT2D eigenvalue weighted by Gasteiger charge is -2.24. The van der Waals surface area contributed by atoms with Gasteiger partial charge in [-0.05, 0) is 19.1 Å². The SMILES string of the molecule is Cc1ccc(N2C[C@@]34C=C[C@@H](O3)[C@@H](C(=O)[O-])[C@@H]4C2=O)cc1. The summed E-state index contributed by atoms with van der Waals surface area (Å²) in [7, 11) is 0. The van der Waals surface area contributed by atoms with Gasteiger partial charge in [0, 0.05) is 17.6 Å². The number of carbonyl (C=O) groups excluding carboxylic acids is 2. The molecule has 3 heterocycles. The van der Waals surface area contributed by atoms with Crippen LogP contribution >= 0.6 is 0 Å². The minimum absolute atomic E-state index is 0.195. The zero-order valence-corrected chi connectivity index (χ0v) is 11.5. The maximum Gasteiger partial charge on any atom is 0.234 e. The van der Waals surface area contributed by atoms with Crippen LogP contribution in [-0.4, -0.2) is 30.1 Å². The van der Waals surface area contributed by atoms with Crippen molar-refractivity contribution >= 4 is 17.6 Å². The van der Waals surface area contributed by atoms with E-state index in [2.05, 4.69) is 0 Å². The zero-order chi connectivity index (χ0) is 14.8. The van der Waals surface area contributed by atoms with E-state index in [0.717, 1.165) is 11.3 Å². The first-order valence-corrected chi connectivity index (χ1v) is 6.98. The van der Waals surface area contributed by atoms with E-state index >= 15 is 0 Å². The first-order chi connectivity index (χ1) is 10.0. The fourth-order valence-corrected chi connectivity index (χ4v) is 3.71. The first-order valence-electron chi connectivity index (χ1n) is 6.98. The fraction of sp³-hybridized carbons (Fsp3) is 0.375. The number of carboxylic acids is 1. The highest BCUT2D eigenvalue weighted by molar-refractivity contribution is 6.02. The van der Waals surface area contributed by atoms with E-state index in [1.807, 2.05) is 37.3 Å². The Morgan fingerprint density at radius 3 is 2.76 bits per heavy atom. The zero-order valence-electron chi connectivity index (χ0n) is 11.5. The van der Waals surface area contributed by atoms with Gasteiger partial charge in [0.15, 0.2) is 0 Å². The summed E-state index contributed by atoms with van der Waals surface area (Å²) in [6, 6.07) is 7.60. The number of carboxylic acid groups (broad SMARTS) is 1. The van der Waals surface area contributed by atoms with Crippen molar-refractivity contribution in [1.82, 2.24) is 0 Å². The topological polar surface area (TPSA) is 69.7 Å². The van der Waals surface area contributed by atoms with E-state index in [-0.39, 0.29) is 5.91 Å². The summed E-state index contributed by atoms with van der Waals surface area (Å²) in [5.74, 6) is -2.98. The second-order valence-corrected chi connectivity index (χ2v) is 5.98. The predicted octanol–water partition coefficient (Wildman–Crippen LogP) is 0.0313. The van der Waals surface area contributed by atoms with E-state index in [4.69, 9.17) is 4.74 Å². The molecular formula is C16H14NO4-. The number of nitrogens with zero attached hydrogens (tertiary/aromatic N) is 1. The molecule has 1 spiro atoms. The summed E-state index contributed by atoms with van der Waals surface area (Å²) in [6.07, 6.45) is 3.04. The van der Waals surface area contributed by atoms with Crippen LogP contribution in [0.4, 0.5) is 5.69 Å². The molecule has 4 rings (SSSR count). The van der Waals surface area contributed by atoms with Gasteiger partial charge in [0.1, 0.15) is 5.60 Å². The molecule has 3 aliphatic rings. The van der Waals surface area contributed by atoms with Crippen LogP contribution < -0.4 is 10.0 Å². The number of hydrogen-bond donors (Lipinski definition) is 0. The van der Waals surface area contributed by atoms with Crippen molar-refractivity contribution in [3.8, 4) is 0 Å². The summed E-state index contributed by atoms with van der Waals surface area (Å²) < 4.78 is 5.81. The van der Waals surface area contributed by atoms with E-state index < -0.39 is 29.5 Å². The van der Waals surface area contributed by atoms with Gasteiger partial charge in [0.25, 0.3) is 0 Å². The van der Waals surface area contributed by atoms with Crippen LogP contribution in [0.1, 0.15) is 5.56 Å². The molecule has 3 aliphatic heterocycles. The molecule has 2 saturated heterocycles. The van der Waals surface area contributed by atoms with Crippen LogP contribution in [0, 0.1) is 18.8 Å². The number of rotatable bonds is 2. The molecule has 4 atom stereocenters. The monoisotopic (exact) mass is 284 g/mol. The van der Waals surface area contributed by atoms with Crippen molar-refractivity contribution < 1.29 is 19.4 Å². The van der Waals surface area contributed by atoms with Gasteiger partial charge < -0.3 is 19.5 Å². The highest BCUT2D eigenvalue weighted by atomic mass is 16.5.